The first-order chi connectivity index (χ1) is 9.79. The van der Waals surface area contributed by atoms with Gasteiger partial charge in [-0.15, -0.1) is 0 Å². The average molecular weight is 294 g/mol. The van der Waals surface area contributed by atoms with E-state index in [0.29, 0.717) is 6.41 Å². The van der Waals surface area contributed by atoms with Gasteiger partial charge in [0.1, 0.15) is 0 Å². The molecule has 108 valence electrons. The number of hydrogen-bond donors (Lipinski definition) is 3. The van der Waals surface area contributed by atoms with Gasteiger partial charge in [0.15, 0.2) is 0 Å². The molecule has 7 heteroatoms. The first-order valence-electron chi connectivity index (χ1n) is 6.56. The van der Waals surface area contributed by atoms with Crippen LogP contribution in [0.1, 0.15) is 19.3 Å². The van der Waals surface area contributed by atoms with Gasteiger partial charge < -0.3 is 4.90 Å². The van der Waals surface area contributed by atoms with Crippen molar-refractivity contribution in [2.75, 3.05) is 18.5 Å². The van der Waals surface area contributed by atoms with Crippen molar-refractivity contribution in [1.29, 1.82) is 0 Å². The summed E-state index contributed by atoms with van der Waals surface area (Å²) in [4.78, 5) is 24.8. The van der Waals surface area contributed by atoms with Crippen LogP contribution in [0.15, 0.2) is 29.2 Å². The molecule has 1 fully saturated rings. The van der Waals surface area contributed by atoms with Crippen LogP contribution in [0.5, 0.6) is 0 Å². The van der Waals surface area contributed by atoms with E-state index in [9.17, 15) is 9.59 Å². The van der Waals surface area contributed by atoms with E-state index in [2.05, 4.69) is 15.6 Å². The van der Waals surface area contributed by atoms with Crippen molar-refractivity contribution >= 4 is 30.1 Å². The number of carbonyl (C=O) groups excluding carboxylic acids is 2. The van der Waals surface area contributed by atoms with Crippen LogP contribution in [0, 0.1) is 0 Å². The predicted octanol–water partition coefficient (Wildman–Crippen LogP) is 1.96. The molecule has 3 amide bonds. The lowest BCUT2D eigenvalue weighted by atomic mass is 10.1. The quantitative estimate of drug-likeness (QED) is 0.441. The summed E-state index contributed by atoms with van der Waals surface area (Å²) in [6.45, 7) is 1.68. The molecule has 6 nitrogen and oxygen atoms in total. The Bertz CT molecular complexity index is 446. The van der Waals surface area contributed by atoms with E-state index in [1.54, 1.807) is 0 Å². The van der Waals surface area contributed by atoms with Crippen molar-refractivity contribution in [2.24, 2.45) is 0 Å². The summed E-state index contributed by atoms with van der Waals surface area (Å²) in [7, 11) is 0. The van der Waals surface area contributed by atoms with Crippen LogP contribution >= 0.6 is 11.9 Å². The third kappa shape index (κ3) is 4.34. The van der Waals surface area contributed by atoms with Crippen LogP contribution in [0.4, 0.5) is 10.5 Å². The molecule has 1 aliphatic rings. The molecule has 0 bridgehead atoms. The molecule has 3 N–H and O–H groups in total. The van der Waals surface area contributed by atoms with Gasteiger partial charge in [-0.3, -0.25) is 20.4 Å². The third-order valence-corrected chi connectivity index (χ3v) is 3.81. The molecule has 0 unspecified atom stereocenters. The van der Waals surface area contributed by atoms with Crippen LogP contribution in [-0.2, 0) is 4.79 Å². The summed E-state index contributed by atoms with van der Waals surface area (Å²) < 4.78 is 2.84. The molecule has 0 aromatic heterocycles. The van der Waals surface area contributed by atoms with E-state index in [0.717, 1.165) is 36.5 Å². The number of amides is 3. The zero-order valence-corrected chi connectivity index (χ0v) is 11.9. The highest BCUT2D eigenvalue weighted by molar-refractivity contribution is 7.98. The fraction of sp³-hybridized carbons (Fsp3) is 0.385. The van der Waals surface area contributed by atoms with Crippen LogP contribution in [0.3, 0.4) is 0 Å². The van der Waals surface area contributed by atoms with Crippen LogP contribution < -0.4 is 15.6 Å². The molecule has 1 aliphatic heterocycles. The van der Waals surface area contributed by atoms with E-state index >= 15 is 0 Å². The summed E-state index contributed by atoms with van der Waals surface area (Å²) >= 11 is 1.30. The van der Waals surface area contributed by atoms with Crippen molar-refractivity contribution in [3.63, 3.8) is 0 Å². The smallest absolute Gasteiger partial charge is 0.324 e. The van der Waals surface area contributed by atoms with E-state index in [1.807, 2.05) is 29.2 Å². The number of hydrazine groups is 1. The van der Waals surface area contributed by atoms with Gasteiger partial charge in [-0.25, -0.2) is 4.79 Å². The van der Waals surface area contributed by atoms with Gasteiger partial charge in [-0.1, -0.05) is 0 Å². The first-order valence-corrected chi connectivity index (χ1v) is 7.38. The van der Waals surface area contributed by atoms with E-state index in [1.165, 1.54) is 18.4 Å². The van der Waals surface area contributed by atoms with Crippen molar-refractivity contribution < 1.29 is 9.59 Å². The minimum Gasteiger partial charge on any atom is -0.324 e. The monoisotopic (exact) mass is 294 g/mol. The molecular weight excluding hydrogens is 276 g/mol. The van der Waals surface area contributed by atoms with Crippen LogP contribution in [-0.4, -0.2) is 30.4 Å². The van der Waals surface area contributed by atoms with Crippen LogP contribution in [0.25, 0.3) is 0 Å². The maximum absolute atomic E-state index is 11.9. The Labute approximate surface area is 122 Å². The Morgan fingerprint density at radius 3 is 2.50 bits per heavy atom. The number of rotatable bonds is 5. The van der Waals surface area contributed by atoms with Crippen molar-refractivity contribution in [3.05, 3.63) is 24.3 Å². The highest BCUT2D eigenvalue weighted by atomic mass is 32.2. The topological polar surface area (TPSA) is 73.5 Å². The molecule has 0 radical (unpaired) electrons. The summed E-state index contributed by atoms with van der Waals surface area (Å²) in [5.74, 6) is 0. The number of benzene rings is 1. The number of urea groups is 1. The number of piperidine rings is 1. The van der Waals surface area contributed by atoms with Gasteiger partial charge in [0.2, 0.25) is 6.41 Å². The second-order valence-electron chi connectivity index (χ2n) is 4.47. The third-order valence-electron chi connectivity index (χ3n) is 3.03. The minimum absolute atomic E-state index is 0.0282. The zero-order chi connectivity index (χ0) is 14.2. The molecule has 1 heterocycles. The number of nitrogens with one attached hydrogen (secondary N) is 3. The first kappa shape index (κ1) is 14.5. The molecule has 0 atom stereocenters. The van der Waals surface area contributed by atoms with Crippen molar-refractivity contribution in [2.45, 2.75) is 24.2 Å². The lowest BCUT2D eigenvalue weighted by Crippen LogP contribution is -2.40. The van der Waals surface area contributed by atoms with Gasteiger partial charge in [0, 0.05) is 18.0 Å². The largest absolute Gasteiger partial charge is 0.327 e. The zero-order valence-electron chi connectivity index (χ0n) is 11.1. The molecule has 2 rings (SSSR count). The van der Waals surface area contributed by atoms with Crippen LogP contribution in [0.2, 0.25) is 0 Å². The van der Waals surface area contributed by atoms with E-state index in [4.69, 9.17) is 0 Å². The summed E-state index contributed by atoms with van der Waals surface area (Å²) in [6, 6.07) is 7.36. The van der Waals surface area contributed by atoms with Gasteiger partial charge in [0.25, 0.3) is 0 Å². The Balaban J connectivity index is 1.78. The van der Waals surface area contributed by atoms with Gasteiger partial charge >= 0.3 is 6.03 Å². The molecular formula is C13H18N4O2S. The standard InChI is InChI=1S/C13H18N4O2S/c18-10-14-15-11-4-6-12(7-5-11)20-16-13(19)17-8-2-1-3-9-17/h4-7,10,15H,1-3,8-9H2,(H,14,18)(H,16,19). The van der Waals surface area contributed by atoms with Gasteiger partial charge in [-0.2, -0.15) is 0 Å². The number of hydrogen-bond acceptors (Lipinski definition) is 4. The number of carbonyl (C=O) groups is 2. The molecule has 0 saturated carbocycles. The molecule has 0 aliphatic carbocycles. The fourth-order valence-electron chi connectivity index (χ4n) is 1.98. The number of nitrogens with zero attached hydrogens (tertiary/aromatic N) is 1. The molecule has 0 spiro atoms. The SMILES string of the molecule is O=CNNc1ccc(SNC(=O)N2CCCCC2)cc1. The Hall–Kier alpha value is -1.89. The highest BCUT2D eigenvalue weighted by Gasteiger charge is 2.15. The normalized spacial score (nSPS) is 14.5. The Morgan fingerprint density at radius 2 is 1.85 bits per heavy atom. The molecule has 1 saturated heterocycles. The summed E-state index contributed by atoms with van der Waals surface area (Å²) in [5.41, 5.74) is 5.86. The second kappa shape index (κ2) is 7.64. The number of likely N-dealkylation sites (tertiary alicyclic amines) is 1. The van der Waals surface area contributed by atoms with Crippen molar-refractivity contribution in [3.8, 4) is 0 Å². The summed E-state index contributed by atoms with van der Waals surface area (Å²) in [5, 5.41) is 0. The molecule has 1 aromatic rings. The predicted molar refractivity (Wildman–Crippen MR) is 79.1 cm³/mol. The highest BCUT2D eigenvalue weighted by Crippen LogP contribution is 2.18. The molecule has 20 heavy (non-hydrogen) atoms. The Morgan fingerprint density at radius 1 is 1.15 bits per heavy atom. The van der Waals surface area contributed by atoms with Gasteiger partial charge in [-0.05, 0) is 55.5 Å². The fourth-order valence-corrected chi connectivity index (χ4v) is 2.59. The van der Waals surface area contributed by atoms with Gasteiger partial charge in [0.05, 0.1) is 5.69 Å². The van der Waals surface area contributed by atoms with Crippen molar-refractivity contribution in [1.82, 2.24) is 15.0 Å². The lowest BCUT2D eigenvalue weighted by molar-refractivity contribution is -0.109. The maximum atomic E-state index is 11.9. The van der Waals surface area contributed by atoms with E-state index < -0.39 is 0 Å². The number of anilines is 1. The van der Waals surface area contributed by atoms with E-state index in [-0.39, 0.29) is 6.03 Å². The average Bonchev–Trinajstić information content (AvgIpc) is 2.52. The lowest BCUT2D eigenvalue weighted by Gasteiger charge is -2.26. The second-order valence-corrected chi connectivity index (χ2v) is 5.35. The minimum atomic E-state index is -0.0282. The molecule has 1 aromatic carbocycles. The summed E-state index contributed by atoms with van der Waals surface area (Å²) in [6.07, 6.45) is 3.95. The maximum Gasteiger partial charge on any atom is 0.327 e. The Kier molecular flexibility index (Phi) is 5.55.